The summed E-state index contributed by atoms with van der Waals surface area (Å²) in [5.74, 6) is 2.26. The largest absolute Gasteiger partial charge is 0.366 e. The molecule has 1 heterocycles. The maximum absolute atomic E-state index is 4.59. The fourth-order valence-electron chi connectivity index (χ4n) is 2.65. The van der Waals surface area contributed by atoms with Crippen LogP contribution in [0.2, 0.25) is 0 Å². The Morgan fingerprint density at radius 2 is 2.11 bits per heavy atom. The molecule has 1 aliphatic carbocycles. The Balaban J connectivity index is 2.07. The van der Waals surface area contributed by atoms with E-state index in [2.05, 4.69) is 48.1 Å². The molecule has 1 aromatic heterocycles. The monoisotopic (exact) mass is 248 g/mol. The molecule has 1 fully saturated rings. The molecule has 2 atom stereocenters. The predicted octanol–water partition coefficient (Wildman–Crippen LogP) is 2.49. The molecule has 0 bridgehead atoms. The highest BCUT2D eigenvalue weighted by atomic mass is 15.2. The number of aromatic nitrogens is 2. The van der Waals surface area contributed by atoms with E-state index in [9.17, 15) is 0 Å². The van der Waals surface area contributed by atoms with Gasteiger partial charge in [0.2, 0.25) is 0 Å². The van der Waals surface area contributed by atoms with E-state index >= 15 is 0 Å². The summed E-state index contributed by atoms with van der Waals surface area (Å²) in [6.07, 6.45) is 5.64. The van der Waals surface area contributed by atoms with E-state index in [0.717, 1.165) is 11.6 Å². The molecule has 2 rings (SSSR count). The van der Waals surface area contributed by atoms with Gasteiger partial charge in [-0.05, 0) is 39.4 Å². The molecule has 0 amide bonds. The molecular weight excluding hydrogens is 224 g/mol. The standard InChI is InChI=1S/C14H24N4/c1-10(2)14-15-9-8-13(17-14)16-11-6-5-7-12(11)18(3)4/h8-12H,5-7H2,1-4H3,(H,15,16,17)/t11-,12-/m0/s1. The molecule has 100 valence electrons. The number of anilines is 1. The van der Waals surface area contributed by atoms with Crippen LogP contribution in [-0.4, -0.2) is 41.0 Å². The SMILES string of the molecule is CC(C)c1nccc(N[C@H]2CCC[C@@H]2N(C)C)n1. The molecule has 1 aliphatic rings. The van der Waals surface area contributed by atoms with Crippen LogP contribution in [0, 0.1) is 0 Å². The molecule has 0 aromatic carbocycles. The summed E-state index contributed by atoms with van der Waals surface area (Å²) in [7, 11) is 4.31. The van der Waals surface area contributed by atoms with E-state index in [1.165, 1.54) is 19.3 Å². The second kappa shape index (κ2) is 5.65. The fraction of sp³-hybridized carbons (Fsp3) is 0.714. The first-order chi connectivity index (χ1) is 8.58. The van der Waals surface area contributed by atoms with Crippen LogP contribution in [0.1, 0.15) is 44.9 Å². The number of hydrogen-bond donors (Lipinski definition) is 1. The zero-order valence-corrected chi connectivity index (χ0v) is 11.8. The lowest BCUT2D eigenvalue weighted by Crippen LogP contribution is -2.39. The normalized spacial score (nSPS) is 23.9. The maximum Gasteiger partial charge on any atom is 0.133 e. The summed E-state index contributed by atoms with van der Waals surface area (Å²) in [6.45, 7) is 4.24. The van der Waals surface area contributed by atoms with Gasteiger partial charge in [0.1, 0.15) is 11.6 Å². The molecule has 0 saturated heterocycles. The second-order valence-electron chi connectivity index (χ2n) is 5.67. The Morgan fingerprint density at radius 1 is 1.33 bits per heavy atom. The van der Waals surface area contributed by atoms with Gasteiger partial charge in [0.25, 0.3) is 0 Å². The Labute approximate surface area is 110 Å². The van der Waals surface area contributed by atoms with Gasteiger partial charge >= 0.3 is 0 Å². The van der Waals surface area contributed by atoms with Crippen molar-refractivity contribution in [2.75, 3.05) is 19.4 Å². The van der Waals surface area contributed by atoms with Crippen LogP contribution >= 0.6 is 0 Å². The van der Waals surface area contributed by atoms with E-state index in [-0.39, 0.29) is 0 Å². The molecule has 0 radical (unpaired) electrons. The van der Waals surface area contributed by atoms with Crippen molar-refractivity contribution in [2.45, 2.75) is 51.1 Å². The molecule has 4 heteroatoms. The molecule has 4 nitrogen and oxygen atoms in total. The van der Waals surface area contributed by atoms with Crippen molar-refractivity contribution in [1.29, 1.82) is 0 Å². The van der Waals surface area contributed by atoms with Crippen LogP contribution in [0.25, 0.3) is 0 Å². The molecule has 1 saturated carbocycles. The van der Waals surface area contributed by atoms with Crippen LogP contribution in [-0.2, 0) is 0 Å². The van der Waals surface area contributed by atoms with Crippen LogP contribution in [0.3, 0.4) is 0 Å². The summed E-state index contributed by atoms with van der Waals surface area (Å²) in [4.78, 5) is 11.2. The highest BCUT2D eigenvalue weighted by Gasteiger charge is 2.28. The lowest BCUT2D eigenvalue weighted by molar-refractivity contribution is 0.284. The highest BCUT2D eigenvalue weighted by molar-refractivity contribution is 5.35. The van der Waals surface area contributed by atoms with E-state index in [0.29, 0.717) is 18.0 Å². The first kappa shape index (κ1) is 13.3. The molecule has 1 N–H and O–H groups in total. The smallest absolute Gasteiger partial charge is 0.133 e. The number of nitrogens with zero attached hydrogens (tertiary/aromatic N) is 3. The lowest BCUT2D eigenvalue weighted by atomic mass is 10.1. The summed E-state index contributed by atoms with van der Waals surface area (Å²) >= 11 is 0. The van der Waals surface area contributed by atoms with Gasteiger partial charge in [-0.15, -0.1) is 0 Å². The van der Waals surface area contributed by atoms with Gasteiger partial charge in [-0.1, -0.05) is 13.8 Å². The second-order valence-corrected chi connectivity index (χ2v) is 5.67. The van der Waals surface area contributed by atoms with Crippen molar-refractivity contribution in [3.05, 3.63) is 18.1 Å². The molecule has 18 heavy (non-hydrogen) atoms. The Bertz CT molecular complexity index is 389. The predicted molar refractivity (Wildman–Crippen MR) is 74.9 cm³/mol. The molecule has 0 aliphatic heterocycles. The third-order valence-electron chi connectivity index (χ3n) is 3.67. The van der Waals surface area contributed by atoms with E-state index < -0.39 is 0 Å². The van der Waals surface area contributed by atoms with E-state index in [4.69, 9.17) is 0 Å². The zero-order chi connectivity index (χ0) is 13.1. The Morgan fingerprint density at radius 3 is 2.78 bits per heavy atom. The number of hydrogen-bond acceptors (Lipinski definition) is 4. The minimum absolute atomic E-state index is 0.375. The summed E-state index contributed by atoms with van der Waals surface area (Å²) in [5.41, 5.74) is 0. The van der Waals surface area contributed by atoms with Gasteiger partial charge < -0.3 is 10.2 Å². The van der Waals surface area contributed by atoms with Crippen molar-refractivity contribution >= 4 is 5.82 Å². The maximum atomic E-state index is 4.59. The lowest BCUT2D eigenvalue weighted by Gasteiger charge is -2.27. The molecule has 1 aromatic rings. The van der Waals surface area contributed by atoms with E-state index in [1.54, 1.807) is 0 Å². The van der Waals surface area contributed by atoms with Crippen molar-refractivity contribution in [1.82, 2.24) is 14.9 Å². The van der Waals surface area contributed by atoms with Crippen molar-refractivity contribution in [2.24, 2.45) is 0 Å². The molecule has 0 spiro atoms. The fourth-order valence-corrected chi connectivity index (χ4v) is 2.65. The van der Waals surface area contributed by atoms with Crippen molar-refractivity contribution in [3.8, 4) is 0 Å². The van der Waals surface area contributed by atoms with Gasteiger partial charge in [-0.25, -0.2) is 9.97 Å². The van der Waals surface area contributed by atoms with Crippen LogP contribution < -0.4 is 5.32 Å². The third-order valence-corrected chi connectivity index (χ3v) is 3.67. The van der Waals surface area contributed by atoms with Gasteiger partial charge in [-0.2, -0.15) is 0 Å². The topological polar surface area (TPSA) is 41.1 Å². The Hall–Kier alpha value is -1.16. The zero-order valence-electron chi connectivity index (χ0n) is 11.8. The van der Waals surface area contributed by atoms with Crippen molar-refractivity contribution in [3.63, 3.8) is 0 Å². The minimum Gasteiger partial charge on any atom is -0.366 e. The number of nitrogens with one attached hydrogen (secondary N) is 1. The average Bonchev–Trinajstić information content (AvgIpc) is 2.77. The first-order valence-corrected chi connectivity index (χ1v) is 6.84. The Kier molecular flexibility index (Phi) is 4.17. The van der Waals surface area contributed by atoms with Crippen LogP contribution in [0.5, 0.6) is 0 Å². The summed E-state index contributed by atoms with van der Waals surface area (Å²) < 4.78 is 0. The quantitative estimate of drug-likeness (QED) is 0.889. The first-order valence-electron chi connectivity index (χ1n) is 6.84. The minimum atomic E-state index is 0.375. The average molecular weight is 248 g/mol. The van der Waals surface area contributed by atoms with Crippen LogP contribution in [0.4, 0.5) is 5.82 Å². The number of rotatable bonds is 4. The van der Waals surface area contributed by atoms with Gasteiger partial charge in [0, 0.05) is 24.2 Å². The summed E-state index contributed by atoms with van der Waals surface area (Å²) in [6, 6.07) is 3.09. The van der Waals surface area contributed by atoms with Gasteiger partial charge in [0.15, 0.2) is 0 Å². The molecular formula is C14H24N4. The number of likely N-dealkylation sites (N-methyl/N-ethyl adjacent to an activating group) is 1. The van der Waals surface area contributed by atoms with Crippen LogP contribution in [0.15, 0.2) is 12.3 Å². The van der Waals surface area contributed by atoms with Crippen molar-refractivity contribution < 1.29 is 0 Å². The summed E-state index contributed by atoms with van der Waals surface area (Å²) in [5, 5.41) is 3.57. The molecule has 0 unspecified atom stereocenters. The van der Waals surface area contributed by atoms with Gasteiger partial charge in [-0.3, -0.25) is 0 Å². The van der Waals surface area contributed by atoms with Gasteiger partial charge in [0.05, 0.1) is 0 Å². The van der Waals surface area contributed by atoms with E-state index in [1.807, 2.05) is 12.3 Å². The highest BCUT2D eigenvalue weighted by Crippen LogP contribution is 2.25. The third kappa shape index (κ3) is 2.99.